The van der Waals surface area contributed by atoms with Crippen LogP contribution in [0.5, 0.6) is 0 Å². The lowest BCUT2D eigenvalue weighted by molar-refractivity contribution is -0.142. The fourth-order valence-electron chi connectivity index (χ4n) is 21.2. The maximum Gasteiger partial charge on any atom is 0.508 e. The highest BCUT2D eigenvalue weighted by atomic mass is 16.7. The van der Waals surface area contributed by atoms with Gasteiger partial charge in [-0.1, -0.05) is 167 Å². The van der Waals surface area contributed by atoms with E-state index < -0.39 is 6.16 Å². The van der Waals surface area contributed by atoms with Crippen LogP contribution in [0.3, 0.4) is 0 Å². The molecule has 2 spiro atoms. The molecule has 0 radical (unpaired) electrons. The molecule has 0 bridgehead atoms. The summed E-state index contributed by atoms with van der Waals surface area (Å²) < 4.78 is 36.3. The number of carbonyl (C=O) groups is 3. The Balaban J connectivity index is 0.000000155. The predicted octanol–water partition coefficient (Wildman–Crippen LogP) is 16.2. The van der Waals surface area contributed by atoms with Crippen LogP contribution < -0.4 is 5.32 Å². The van der Waals surface area contributed by atoms with E-state index in [2.05, 4.69) is 72.9 Å². The summed E-state index contributed by atoms with van der Waals surface area (Å²) in [4.78, 5) is 38.7. The fourth-order valence-corrected chi connectivity index (χ4v) is 21.2. The molecule has 4 heterocycles. The summed E-state index contributed by atoms with van der Waals surface area (Å²) in [6.45, 7) is 23.3. The summed E-state index contributed by atoms with van der Waals surface area (Å²) in [6.07, 6.45) is 21.8. The van der Waals surface area contributed by atoms with Crippen LogP contribution in [0.4, 0.5) is 9.59 Å². The fraction of sp³-hybridized carbons (Fsp3) is 0.633. The molecule has 20 atom stereocenters. The number of ether oxygens (including phenoxy) is 6. The number of benzene rings is 3. The van der Waals surface area contributed by atoms with Crippen molar-refractivity contribution in [1.82, 2.24) is 10.2 Å². The molecule has 490 valence electrons. The smallest absolute Gasteiger partial charge is 0.461 e. The molecular weight excluding hydrogens is 1140 g/mol. The third-order valence-electron chi connectivity index (χ3n) is 26.0. The molecule has 12 nitrogen and oxygen atoms in total. The monoisotopic (exact) mass is 1240 g/mol. The Labute approximate surface area is 542 Å². The van der Waals surface area contributed by atoms with Crippen molar-refractivity contribution in [2.45, 2.75) is 233 Å². The van der Waals surface area contributed by atoms with Crippen molar-refractivity contribution in [2.75, 3.05) is 13.1 Å². The number of hydrogen-bond donors (Lipinski definition) is 2. The molecule has 15 rings (SSSR count). The minimum Gasteiger partial charge on any atom is -0.461 e. The van der Waals surface area contributed by atoms with Crippen molar-refractivity contribution < 1.29 is 47.9 Å². The zero-order chi connectivity index (χ0) is 63.6. The number of rotatable bonds is 7. The number of piperidine rings is 2. The zero-order valence-corrected chi connectivity index (χ0v) is 56.0. The molecule has 91 heavy (non-hydrogen) atoms. The first-order valence-electron chi connectivity index (χ1n) is 35.4. The topological polar surface area (TPSA) is 142 Å². The van der Waals surface area contributed by atoms with E-state index in [0.29, 0.717) is 60.3 Å². The van der Waals surface area contributed by atoms with E-state index in [0.717, 1.165) is 111 Å². The van der Waals surface area contributed by atoms with Gasteiger partial charge in [0.15, 0.2) is 0 Å². The van der Waals surface area contributed by atoms with E-state index in [1.165, 1.54) is 56.6 Å². The first-order chi connectivity index (χ1) is 43.8. The molecule has 12 heteroatoms. The van der Waals surface area contributed by atoms with Gasteiger partial charge in [-0.25, -0.2) is 9.59 Å². The molecular formula is C79H104N2O10. The molecule has 8 aliphatic carbocycles. The van der Waals surface area contributed by atoms with Gasteiger partial charge in [0.05, 0.1) is 35.6 Å². The Hall–Kier alpha value is -5.53. The summed E-state index contributed by atoms with van der Waals surface area (Å²) in [7, 11) is 0. The number of fused-ring (bicyclic) bond motifs is 12. The Kier molecular flexibility index (Phi) is 18.3. The van der Waals surface area contributed by atoms with E-state index in [1.807, 2.05) is 95.9 Å². The summed E-state index contributed by atoms with van der Waals surface area (Å²) in [5.41, 5.74) is 12.5. The van der Waals surface area contributed by atoms with Crippen LogP contribution in [0.25, 0.3) is 0 Å². The van der Waals surface area contributed by atoms with Gasteiger partial charge in [0.25, 0.3) is 0 Å². The summed E-state index contributed by atoms with van der Waals surface area (Å²) in [5.74, 6) is 5.77. The van der Waals surface area contributed by atoms with Crippen LogP contribution in [-0.2, 0) is 53.0 Å². The first-order valence-corrected chi connectivity index (χ1v) is 35.4. The number of nitrogens with one attached hydrogen (secondary N) is 1. The van der Waals surface area contributed by atoms with Crippen LogP contribution >= 0.6 is 0 Å². The van der Waals surface area contributed by atoms with Gasteiger partial charge >= 0.3 is 18.2 Å². The van der Waals surface area contributed by atoms with E-state index in [1.54, 1.807) is 22.3 Å². The van der Waals surface area contributed by atoms with E-state index in [9.17, 15) is 19.5 Å². The van der Waals surface area contributed by atoms with E-state index in [-0.39, 0.29) is 72.2 Å². The molecule has 3 aromatic carbocycles. The van der Waals surface area contributed by atoms with E-state index in [4.69, 9.17) is 28.4 Å². The quantitative estimate of drug-likeness (QED) is 0.133. The van der Waals surface area contributed by atoms with Gasteiger partial charge in [-0.3, -0.25) is 4.79 Å². The molecule has 12 aliphatic rings. The molecule has 4 saturated carbocycles. The van der Waals surface area contributed by atoms with Gasteiger partial charge in [-0.05, 0) is 203 Å². The Bertz CT molecular complexity index is 3270. The number of amides is 1. The van der Waals surface area contributed by atoms with Gasteiger partial charge in [-0.15, -0.1) is 0 Å². The van der Waals surface area contributed by atoms with Crippen LogP contribution in [0, 0.1) is 70.0 Å². The molecule has 2 N–H and O–H groups in total. The molecule has 3 aromatic rings. The second kappa shape index (κ2) is 26.0. The third-order valence-corrected chi connectivity index (χ3v) is 26.0. The lowest BCUT2D eigenvalue weighted by Gasteiger charge is -2.49. The SMILES string of the molecule is CC(=O)OCc1ccccc1.CC1=C2C[C@H]3[C@@H](CC=C4C[C@@H](O)CC[C@@]43C)[C@@H]2CC[C@]12O[C@@H]1C[C@H](C)CN[C@H]1[C@H]2C.CC1=C2C[C@H]3[C@@H](CC=C4C[C@@H](OC(=O)OCc5ccccc5)CC[C@@]43C)[C@@H]2CC[C@]12O[C@@H]1C[C@H](C)CN(C(=O)OCc3ccccc3)[C@H]1[C@H]2C. The van der Waals surface area contributed by atoms with Crippen LogP contribution in [0.2, 0.25) is 0 Å². The van der Waals surface area contributed by atoms with Gasteiger partial charge in [0.1, 0.15) is 25.9 Å². The molecule has 4 aliphatic heterocycles. The van der Waals surface area contributed by atoms with Crippen molar-refractivity contribution in [2.24, 2.45) is 70.0 Å². The van der Waals surface area contributed by atoms with Crippen molar-refractivity contribution in [3.8, 4) is 0 Å². The molecule has 8 fully saturated rings. The van der Waals surface area contributed by atoms with Gasteiger partial charge in [-0.2, -0.15) is 0 Å². The minimum absolute atomic E-state index is 0.0192. The number of esters is 1. The molecule has 4 saturated heterocycles. The van der Waals surface area contributed by atoms with Gasteiger partial charge < -0.3 is 43.7 Å². The Morgan fingerprint density at radius 1 is 0.604 bits per heavy atom. The molecule has 0 unspecified atom stereocenters. The van der Waals surface area contributed by atoms with Gasteiger partial charge in [0.2, 0.25) is 0 Å². The molecule has 1 amide bonds. The van der Waals surface area contributed by atoms with Crippen molar-refractivity contribution in [3.63, 3.8) is 0 Å². The minimum atomic E-state index is -0.571. The third kappa shape index (κ3) is 12.0. The van der Waals surface area contributed by atoms with Crippen LogP contribution in [-0.4, -0.2) is 89.0 Å². The number of likely N-dealkylation sites (tertiary alicyclic amines) is 1. The maximum atomic E-state index is 13.6. The number of allylic oxidation sites excluding steroid dienone is 4. The summed E-state index contributed by atoms with van der Waals surface area (Å²) in [6, 6.07) is 29.8. The second-order valence-corrected chi connectivity index (χ2v) is 30.9. The number of aliphatic hydroxyl groups is 1. The predicted molar refractivity (Wildman–Crippen MR) is 353 cm³/mol. The number of aliphatic hydroxyl groups excluding tert-OH is 1. The average molecular weight is 1240 g/mol. The lowest BCUT2D eigenvalue weighted by atomic mass is 9.56. The average Bonchev–Trinajstić information content (AvgIpc) is 1.57. The van der Waals surface area contributed by atoms with Crippen LogP contribution in [0.15, 0.2) is 137 Å². The van der Waals surface area contributed by atoms with Crippen molar-refractivity contribution in [3.05, 3.63) is 153 Å². The number of nitrogens with zero attached hydrogens (tertiary/aromatic N) is 1. The highest BCUT2D eigenvalue weighted by molar-refractivity contribution is 5.69. The van der Waals surface area contributed by atoms with E-state index >= 15 is 0 Å². The van der Waals surface area contributed by atoms with Crippen molar-refractivity contribution in [1.29, 1.82) is 0 Å². The van der Waals surface area contributed by atoms with Gasteiger partial charge in [0, 0.05) is 37.8 Å². The number of carbonyl (C=O) groups excluding carboxylic acids is 3. The van der Waals surface area contributed by atoms with Crippen LogP contribution in [0.1, 0.15) is 182 Å². The lowest BCUT2D eigenvalue weighted by Crippen LogP contribution is -2.54. The normalized spacial score (nSPS) is 39.7. The standard InChI is InChI=1S/C43H53NO6.C27H41NO2.C9H10O2/c1-27-21-38-39(44(24-27)40(45)47-25-30-11-7-5-8-12-30)29(3)43(50-38)20-18-34-35-16-15-32-22-33(49-41(46)48-26-31-13-9-6-10-14-31)17-19-42(32,4)37(35)23-36(34)28(43)2;1-15-11-24-25(28-14-15)17(3)27(30-24)10-8-20-21-6-5-18-12-19(29)7-9-26(18,4)23(21)13-22(20)16(27)2;1-8(10)11-7-9-5-3-2-4-6-9/h5-15,27,29,33-35,37-39H,16-26H2,1-4H3;5,15,17,19-21,23-25,28-29H,6-14H2,1-4H3;2-6H,7H2,1H3/t27-,29+,33-,34-,35-,37-,38+,39-,42-,43-;15-,17+,19-,20-,21-,23-,24+,25-,26-,27-;/m00./s1. The summed E-state index contributed by atoms with van der Waals surface area (Å²) in [5, 5.41) is 14.1. The highest BCUT2D eigenvalue weighted by Crippen LogP contribution is 2.67. The summed E-state index contributed by atoms with van der Waals surface area (Å²) >= 11 is 0. The van der Waals surface area contributed by atoms with Crippen molar-refractivity contribution >= 4 is 18.2 Å². The Morgan fingerprint density at radius 3 is 1.68 bits per heavy atom. The number of hydrogen-bond acceptors (Lipinski definition) is 11. The highest BCUT2D eigenvalue weighted by Gasteiger charge is 2.64. The Morgan fingerprint density at radius 2 is 1.11 bits per heavy atom. The zero-order valence-electron chi connectivity index (χ0n) is 56.0. The first kappa shape index (κ1) is 64.2. The molecule has 0 aromatic heterocycles. The second-order valence-electron chi connectivity index (χ2n) is 30.9. The largest absolute Gasteiger partial charge is 0.508 e. The maximum absolute atomic E-state index is 13.6.